The van der Waals surface area contributed by atoms with Crippen molar-refractivity contribution in [1.82, 2.24) is 4.57 Å². The van der Waals surface area contributed by atoms with Gasteiger partial charge in [0.2, 0.25) is 0 Å². The van der Waals surface area contributed by atoms with E-state index in [0.717, 1.165) is 40.0 Å². The van der Waals surface area contributed by atoms with E-state index in [1.165, 1.54) is 55.7 Å². The zero-order valence-corrected chi connectivity index (χ0v) is 29.2. The van der Waals surface area contributed by atoms with E-state index in [2.05, 4.69) is 207 Å². The highest BCUT2D eigenvalue weighted by Crippen LogP contribution is 2.40. The maximum absolute atomic E-state index is 4.50. The van der Waals surface area contributed by atoms with E-state index in [0.29, 0.717) is 0 Å². The predicted octanol–water partition coefficient (Wildman–Crippen LogP) is 12.5. The molecule has 1 aliphatic heterocycles. The molecule has 2 heterocycles. The fourth-order valence-corrected chi connectivity index (χ4v) is 7.24. The molecule has 0 radical (unpaired) electrons. The molecule has 2 aliphatic rings. The van der Waals surface area contributed by atoms with E-state index in [4.69, 9.17) is 0 Å². The summed E-state index contributed by atoms with van der Waals surface area (Å²) in [5.41, 5.74) is 17.4. The first-order valence-electron chi connectivity index (χ1n) is 17.5. The van der Waals surface area contributed by atoms with Gasteiger partial charge >= 0.3 is 0 Å². The monoisotopic (exact) mass is 656 g/mol. The first-order chi connectivity index (χ1) is 24.9. The Morgan fingerprint density at radius 1 is 0.569 bits per heavy atom. The number of allylic oxidation sites excluding steroid dienone is 9. The van der Waals surface area contributed by atoms with E-state index in [1.54, 1.807) is 0 Å². The summed E-state index contributed by atoms with van der Waals surface area (Å²) in [5, 5.41) is 1.26. The second-order valence-electron chi connectivity index (χ2n) is 13.4. The number of nitrogens with zero attached hydrogens (tertiary/aromatic N) is 2. The summed E-state index contributed by atoms with van der Waals surface area (Å²) in [7, 11) is 0. The first kappa shape index (κ1) is 31.9. The lowest BCUT2D eigenvalue weighted by molar-refractivity contribution is 0.995. The fraction of sp³-hybridized carbons (Fsp3) is 0.0612. The summed E-state index contributed by atoms with van der Waals surface area (Å²) in [4.78, 5) is 2.22. The van der Waals surface area contributed by atoms with Crippen LogP contribution in [0, 0.1) is 13.8 Å². The average molecular weight is 657 g/mol. The van der Waals surface area contributed by atoms with Crippen molar-refractivity contribution in [2.45, 2.75) is 20.3 Å². The number of rotatable bonds is 5. The Morgan fingerprint density at radius 3 is 2.04 bits per heavy atom. The molecule has 51 heavy (non-hydrogen) atoms. The van der Waals surface area contributed by atoms with Crippen molar-refractivity contribution in [2.24, 2.45) is 0 Å². The molecule has 0 atom stereocenters. The van der Waals surface area contributed by atoms with Crippen LogP contribution in [0.15, 0.2) is 200 Å². The Bertz CT molecular complexity index is 2480. The van der Waals surface area contributed by atoms with Crippen LogP contribution in [0.5, 0.6) is 0 Å². The second kappa shape index (κ2) is 13.5. The van der Waals surface area contributed by atoms with Crippen molar-refractivity contribution in [1.29, 1.82) is 0 Å². The van der Waals surface area contributed by atoms with Gasteiger partial charge in [-0.2, -0.15) is 0 Å². The number of hydrogen-bond acceptors (Lipinski definition) is 1. The molecule has 2 heteroatoms. The summed E-state index contributed by atoms with van der Waals surface area (Å²) in [6.07, 6.45) is 16.3. The average Bonchev–Trinajstić information content (AvgIpc) is 3.72. The molecule has 0 N–H and O–H groups in total. The largest absolute Gasteiger partial charge is 0.323 e. The SMILES string of the molecule is C=C1/C=C\C(c2ccc(C)c(-c3ccccc3C)c2)=C/N(c2ccccc2)/C=C\C(C2=Cc3c(n(-c4ccccc4)c4ccccc34)C2)=C/C1=C. The third-order valence-electron chi connectivity index (χ3n) is 10.0. The van der Waals surface area contributed by atoms with E-state index < -0.39 is 0 Å². The van der Waals surface area contributed by atoms with Gasteiger partial charge < -0.3 is 9.47 Å². The summed E-state index contributed by atoms with van der Waals surface area (Å²) in [5.74, 6) is 0. The maximum Gasteiger partial charge on any atom is 0.0537 e. The number of para-hydroxylation sites is 3. The zero-order chi connectivity index (χ0) is 34.9. The minimum absolute atomic E-state index is 0.808. The van der Waals surface area contributed by atoms with Crippen molar-refractivity contribution in [3.63, 3.8) is 0 Å². The van der Waals surface area contributed by atoms with Crippen molar-refractivity contribution in [2.75, 3.05) is 4.90 Å². The van der Waals surface area contributed by atoms with Crippen LogP contribution in [0.4, 0.5) is 5.69 Å². The molecule has 0 bridgehead atoms. The van der Waals surface area contributed by atoms with Gasteiger partial charge in [0.05, 0.1) is 5.52 Å². The molecule has 0 saturated heterocycles. The van der Waals surface area contributed by atoms with Gasteiger partial charge in [-0.3, -0.25) is 0 Å². The third-order valence-corrected chi connectivity index (χ3v) is 10.0. The molecule has 0 fully saturated rings. The molecule has 0 unspecified atom stereocenters. The van der Waals surface area contributed by atoms with Crippen LogP contribution in [0.3, 0.4) is 0 Å². The Kier molecular flexibility index (Phi) is 8.43. The highest BCUT2D eigenvalue weighted by molar-refractivity contribution is 5.96. The number of benzene rings is 5. The van der Waals surface area contributed by atoms with Gasteiger partial charge in [0.1, 0.15) is 0 Å². The number of aryl methyl sites for hydroxylation is 2. The van der Waals surface area contributed by atoms with Crippen molar-refractivity contribution < 1.29 is 0 Å². The van der Waals surface area contributed by atoms with E-state index in [-0.39, 0.29) is 0 Å². The topological polar surface area (TPSA) is 8.17 Å². The number of aromatic nitrogens is 1. The second-order valence-corrected chi connectivity index (χ2v) is 13.4. The van der Waals surface area contributed by atoms with Crippen LogP contribution in [-0.2, 0) is 6.42 Å². The van der Waals surface area contributed by atoms with Gasteiger partial charge in [0.15, 0.2) is 0 Å². The van der Waals surface area contributed by atoms with Crippen LogP contribution in [0.2, 0.25) is 0 Å². The Labute approximate surface area is 301 Å². The molecular weight excluding hydrogens is 617 g/mol. The van der Waals surface area contributed by atoms with Crippen molar-refractivity contribution in [3.8, 4) is 16.8 Å². The van der Waals surface area contributed by atoms with Crippen LogP contribution >= 0.6 is 0 Å². The molecule has 0 saturated carbocycles. The van der Waals surface area contributed by atoms with Crippen molar-refractivity contribution in [3.05, 3.63) is 227 Å². The molecule has 5 aromatic carbocycles. The van der Waals surface area contributed by atoms with E-state index >= 15 is 0 Å². The Hall–Kier alpha value is -6.38. The van der Waals surface area contributed by atoms with Gasteiger partial charge in [-0.15, -0.1) is 0 Å². The van der Waals surface area contributed by atoms with E-state index in [1.807, 2.05) is 0 Å². The first-order valence-corrected chi connectivity index (χ1v) is 17.5. The fourth-order valence-electron chi connectivity index (χ4n) is 7.24. The maximum atomic E-state index is 4.50. The third kappa shape index (κ3) is 6.17. The molecule has 6 aromatic rings. The zero-order valence-electron chi connectivity index (χ0n) is 29.2. The Balaban J connectivity index is 1.24. The lowest BCUT2D eigenvalue weighted by atomic mass is 9.92. The number of fused-ring (bicyclic) bond motifs is 3. The standard InChI is InChI=1S/C49H40N2/c1-34-23-26-40(38-25-24-36(3)46(30-38)44-20-12-11-15-35(44)2)33-50(42-16-7-5-8-17-42)28-27-39(29-37(34)4)41-31-47-45-21-13-14-22-48(45)51(49(47)32-41)43-18-9-6-10-19-43/h5-31,33H,1,4,32H2,2-3H3/b26-23-,28-27-,39-29+,40-33+. The molecule has 246 valence electrons. The summed E-state index contributed by atoms with van der Waals surface area (Å²) in [6, 6.07) is 45.3. The highest BCUT2D eigenvalue weighted by atomic mass is 15.1. The van der Waals surface area contributed by atoms with Gasteiger partial charge in [-0.05, 0) is 124 Å². The van der Waals surface area contributed by atoms with Gasteiger partial charge in [0.25, 0.3) is 0 Å². The quantitative estimate of drug-likeness (QED) is 0.179. The Morgan fingerprint density at radius 2 is 1.25 bits per heavy atom. The molecule has 8 rings (SSSR count). The molecule has 0 amide bonds. The summed E-state index contributed by atoms with van der Waals surface area (Å²) in [6.45, 7) is 13.3. The smallest absolute Gasteiger partial charge is 0.0537 e. The highest BCUT2D eigenvalue weighted by Gasteiger charge is 2.24. The minimum Gasteiger partial charge on any atom is -0.323 e. The predicted molar refractivity (Wildman–Crippen MR) is 218 cm³/mol. The van der Waals surface area contributed by atoms with Crippen LogP contribution in [-0.4, -0.2) is 4.57 Å². The molecule has 0 spiro atoms. The van der Waals surface area contributed by atoms with Gasteiger partial charge in [-0.1, -0.05) is 116 Å². The minimum atomic E-state index is 0.808. The summed E-state index contributed by atoms with van der Waals surface area (Å²) >= 11 is 0. The van der Waals surface area contributed by atoms with Crippen LogP contribution in [0.1, 0.15) is 27.9 Å². The van der Waals surface area contributed by atoms with Gasteiger partial charge in [0, 0.05) is 46.8 Å². The molecule has 1 aliphatic carbocycles. The molecular formula is C49H40N2. The normalized spacial score (nSPS) is 17.9. The lowest BCUT2D eigenvalue weighted by Crippen LogP contribution is -2.08. The van der Waals surface area contributed by atoms with Gasteiger partial charge in [-0.25, -0.2) is 0 Å². The molecule has 1 aromatic heterocycles. The van der Waals surface area contributed by atoms with Crippen LogP contribution in [0.25, 0.3) is 39.4 Å². The van der Waals surface area contributed by atoms with E-state index in [9.17, 15) is 0 Å². The van der Waals surface area contributed by atoms with Crippen LogP contribution < -0.4 is 4.90 Å². The summed E-state index contributed by atoms with van der Waals surface area (Å²) < 4.78 is 2.41. The van der Waals surface area contributed by atoms with Crippen molar-refractivity contribution >= 4 is 28.2 Å². The number of anilines is 1. The number of hydrogen-bond donors (Lipinski definition) is 0. The molecule has 2 nitrogen and oxygen atoms in total. The lowest BCUT2D eigenvalue weighted by Gasteiger charge is -2.19.